The first-order valence-electron chi connectivity index (χ1n) is 9.19. The number of anilines is 1. The number of alkyl halides is 3. The number of esters is 1. The van der Waals surface area contributed by atoms with Crippen LogP contribution in [0.15, 0.2) is 36.7 Å². The van der Waals surface area contributed by atoms with Gasteiger partial charge in [0.05, 0.1) is 35.4 Å². The number of aromatic nitrogens is 3. The van der Waals surface area contributed by atoms with Crippen LogP contribution in [0.5, 0.6) is 0 Å². The van der Waals surface area contributed by atoms with Crippen molar-refractivity contribution < 1.29 is 27.5 Å². The first-order chi connectivity index (χ1) is 14.3. The van der Waals surface area contributed by atoms with Gasteiger partial charge in [0, 0.05) is 25.4 Å². The van der Waals surface area contributed by atoms with Gasteiger partial charge in [-0.05, 0) is 25.1 Å². The molecule has 3 aromatic rings. The first kappa shape index (κ1) is 21.8. The third-order valence-electron chi connectivity index (χ3n) is 4.21. The van der Waals surface area contributed by atoms with Crippen LogP contribution in [-0.2, 0) is 27.0 Å². The van der Waals surface area contributed by atoms with Gasteiger partial charge in [-0.3, -0.25) is 19.2 Å². The van der Waals surface area contributed by atoms with Crippen LogP contribution in [0.1, 0.15) is 25.3 Å². The lowest BCUT2D eigenvalue weighted by Crippen LogP contribution is -2.34. The summed E-state index contributed by atoms with van der Waals surface area (Å²) in [4.78, 5) is 29.8. The van der Waals surface area contributed by atoms with Crippen LogP contribution in [0.2, 0.25) is 0 Å². The van der Waals surface area contributed by atoms with E-state index >= 15 is 0 Å². The second-order valence-electron chi connectivity index (χ2n) is 6.27. The maximum atomic E-state index is 13.3. The minimum absolute atomic E-state index is 0.121. The molecule has 0 unspecified atom stereocenters. The fraction of sp³-hybridized carbons (Fsp3) is 0.368. The van der Waals surface area contributed by atoms with E-state index in [1.165, 1.54) is 17.0 Å². The molecule has 1 aromatic carbocycles. The van der Waals surface area contributed by atoms with Gasteiger partial charge in [-0.1, -0.05) is 17.4 Å². The van der Waals surface area contributed by atoms with Crippen molar-refractivity contribution in [2.45, 2.75) is 32.5 Å². The molecule has 0 radical (unpaired) electrons. The number of benzene rings is 1. The van der Waals surface area contributed by atoms with Crippen LogP contribution in [-0.4, -0.2) is 39.8 Å². The zero-order valence-corrected chi connectivity index (χ0v) is 16.9. The lowest BCUT2D eigenvalue weighted by Gasteiger charge is -2.19. The Morgan fingerprint density at radius 2 is 2.03 bits per heavy atom. The summed E-state index contributed by atoms with van der Waals surface area (Å²) >= 11 is 0.994. The Morgan fingerprint density at radius 3 is 2.70 bits per heavy atom. The van der Waals surface area contributed by atoms with E-state index in [1.807, 2.05) is 0 Å². The smallest absolute Gasteiger partial charge is 0.418 e. The number of para-hydroxylation sites is 1. The van der Waals surface area contributed by atoms with E-state index in [-0.39, 0.29) is 36.6 Å². The SMILES string of the molecule is CCOC(=O)CCC(=O)N(CCn1cccn1)c1nc2c(C(F)(F)F)cccc2s1. The highest BCUT2D eigenvalue weighted by Gasteiger charge is 2.34. The van der Waals surface area contributed by atoms with Crippen LogP contribution in [0.25, 0.3) is 10.2 Å². The summed E-state index contributed by atoms with van der Waals surface area (Å²) in [6.45, 7) is 2.33. The molecular formula is C19H19F3N4O3S. The summed E-state index contributed by atoms with van der Waals surface area (Å²) < 4.78 is 46.7. The van der Waals surface area contributed by atoms with Gasteiger partial charge in [0.15, 0.2) is 5.13 Å². The molecule has 0 saturated heterocycles. The molecule has 0 fully saturated rings. The van der Waals surface area contributed by atoms with Gasteiger partial charge in [0.25, 0.3) is 0 Å². The molecular weight excluding hydrogens is 421 g/mol. The second kappa shape index (κ2) is 9.24. The van der Waals surface area contributed by atoms with Crippen LogP contribution in [0.4, 0.5) is 18.3 Å². The number of nitrogens with zero attached hydrogens (tertiary/aromatic N) is 4. The predicted molar refractivity (Wildman–Crippen MR) is 105 cm³/mol. The van der Waals surface area contributed by atoms with E-state index in [0.717, 1.165) is 17.4 Å². The Kier molecular flexibility index (Phi) is 6.70. The van der Waals surface area contributed by atoms with Gasteiger partial charge < -0.3 is 4.74 Å². The number of rotatable bonds is 8. The number of fused-ring (bicyclic) bond motifs is 1. The van der Waals surface area contributed by atoms with Gasteiger partial charge in [-0.15, -0.1) is 0 Å². The number of halogens is 3. The highest BCUT2D eigenvalue weighted by Crippen LogP contribution is 2.38. The Morgan fingerprint density at radius 1 is 1.23 bits per heavy atom. The van der Waals surface area contributed by atoms with Gasteiger partial charge in [0.1, 0.15) is 0 Å². The highest BCUT2D eigenvalue weighted by atomic mass is 32.1. The fourth-order valence-corrected chi connectivity index (χ4v) is 3.86. The average molecular weight is 440 g/mol. The van der Waals surface area contributed by atoms with Crippen molar-refractivity contribution in [3.8, 4) is 0 Å². The molecule has 7 nitrogen and oxygen atoms in total. The van der Waals surface area contributed by atoms with Crippen LogP contribution < -0.4 is 4.90 Å². The molecule has 1 amide bonds. The molecule has 11 heteroatoms. The summed E-state index contributed by atoms with van der Waals surface area (Å²) in [5, 5.41) is 4.21. The van der Waals surface area contributed by atoms with Crippen molar-refractivity contribution in [2.24, 2.45) is 0 Å². The molecule has 2 heterocycles. The number of ether oxygens (including phenoxy) is 1. The third kappa shape index (κ3) is 5.15. The van der Waals surface area contributed by atoms with Crippen molar-refractivity contribution >= 4 is 38.6 Å². The first-order valence-corrected chi connectivity index (χ1v) is 10.0. The molecule has 0 saturated carbocycles. The fourth-order valence-electron chi connectivity index (χ4n) is 2.82. The standard InChI is InChI=1S/C19H19F3N4O3S/c1-2-29-16(28)8-7-15(27)26(12-11-25-10-4-9-23-25)18-24-17-13(19(20,21)22)5-3-6-14(17)30-18/h3-6,9-10H,2,7-8,11-12H2,1H3. The number of hydrogen-bond donors (Lipinski definition) is 0. The van der Waals surface area contributed by atoms with Crippen molar-refractivity contribution in [2.75, 3.05) is 18.1 Å². The van der Waals surface area contributed by atoms with Crippen molar-refractivity contribution in [3.05, 3.63) is 42.2 Å². The molecule has 3 rings (SSSR count). The normalized spacial score (nSPS) is 11.6. The Labute approximate surface area is 174 Å². The molecule has 2 aromatic heterocycles. The van der Waals surface area contributed by atoms with Gasteiger partial charge in [0.2, 0.25) is 5.91 Å². The lowest BCUT2D eigenvalue weighted by atomic mass is 10.2. The van der Waals surface area contributed by atoms with E-state index in [4.69, 9.17) is 4.74 Å². The minimum atomic E-state index is -4.56. The summed E-state index contributed by atoms with van der Waals surface area (Å²) in [5.74, 6) is -0.940. The molecule has 0 atom stereocenters. The number of amides is 1. The molecule has 0 bridgehead atoms. The number of hydrogen-bond acceptors (Lipinski definition) is 6. The Balaban J connectivity index is 1.88. The minimum Gasteiger partial charge on any atom is -0.466 e. The third-order valence-corrected chi connectivity index (χ3v) is 5.25. The second-order valence-corrected chi connectivity index (χ2v) is 7.28. The molecule has 0 N–H and O–H groups in total. The van der Waals surface area contributed by atoms with Crippen LogP contribution >= 0.6 is 11.3 Å². The highest BCUT2D eigenvalue weighted by molar-refractivity contribution is 7.22. The Bertz CT molecular complexity index is 1020. The van der Waals surface area contributed by atoms with Crippen molar-refractivity contribution in [1.29, 1.82) is 0 Å². The number of thiazole rings is 1. The van der Waals surface area contributed by atoms with Crippen molar-refractivity contribution in [3.63, 3.8) is 0 Å². The van der Waals surface area contributed by atoms with Crippen LogP contribution in [0.3, 0.4) is 0 Å². The van der Waals surface area contributed by atoms with Crippen molar-refractivity contribution in [1.82, 2.24) is 14.8 Å². The predicted octanol–water partition coefficient (Wildman–Crippen LogP) is 3.89. The summed E-state index contributed by atoms with van der Waals surface area (Å²) in [7, 11) is 0. The van der Waals surface area contributed by atoms with Gasteiger partial charge in [-0.25, -0.2) is 4.98 Å². The van der Waals surface area contributed by atoms with Gasteiger partial charge >= 0.3 is 12.1 Å². The molecule has 0 aliphatic heterocycles. The molecule has 0 aliphatic rings. The zero-order chi connectivity index (χ0) is 21.7. The van der Waals surface area contributed by atoms with E-state index in [1.54, 1.807) is 30.1 Å². The van der Waals surface area contributed by atoms with Gasteiger partial charge in [-0.2, -0.15) is 18.3 Å². The lowest BCUT2D eigenvalue weighted by molar-refractivity contribution is -0.144. The Hall–Kier alpha value is -2.95. The molecule has 0 aliphatic carbocycles. The van der Waals surface area contributed by atoms with Crippen LogP contribution in [0, 0.1) is 0 Å². The average Bonchev–Trinajstić information content (AvgIpc) is 3.35. The van der Waals surface area contributed by atoms with E-state index in [0.29, 0.717) is 11.2 Å². The van der Waals surface area contributed by atoms with E-state index < -0.39 is 23.6 Å². The summed E-state index contributed by atoms with van der Waals surface area (Å²) in [6.07, 6.45) is -1.52. The maximum Gasteiger partial charge on any atom is 0.418 e. The zero-order valence-electron chi connectivity index (χ0n) is 16.1. The topological polar surface area (TPSA) is 77.3 Å². The monoisotopic (exact) mass is 440 g/mol. The van der Waals surface area contributed by atoms with E-state index in [9.17, 15) is 22.8 Å². The quantitative estimate of drug-likeness (QED) is 0.497. The number of carbonyl (C=O) groups excluding carboxylic acids is 2. The van der Waals surface area contributed by atoms with E-state index in [2.05, 4.69) is 10.1 Å². The molecule has 30 heavy (non-hydrogen) atoms. The number of carbonyl (C=O) groups is 2. The summed E-state index contributed by atoms with van der Waals surface area (Å²) in [5.41, 5.74) is -1.05. The summed E-state index contributed by atoms with van der Waals surface area (Å²) in [6, 6.07) is 5.52. The molecule has 0 spiro atoms. The molecule has 160 valence electrons. The largest absolute Gasteiger partial charge is 0.466 e. The maximum absolute atomic E-state index is 13.3.